The van der Waals surface area contributed by atoms with Crippen molar-refractivity contribution in [1.82, 2.24) is 0 Å². The maximum absolute atomic E-state index is 12.6. The highest BCUT2D eigenvalue weighted by Crippen LogP contribution is 2.31. The summed E-state index contributed by atoms with van der Waals surface area (Å²) in [6, 6.07) is 7.56. The molecule has 0 saturated heterocycles. The van der Waals surface area contributed by atoms with Crippen molar-refractivity contribution in [3.8, 4) is 5.75 Å². The van der Waals surface area contributed by atoms with Gasteiger partial charge < -0.3 is 4.74 Å². The molecule has 8 heteroatoms. The molecule has 1 aliphatic rings. The van der Waals surface area contributed by atoms with Gasteiger partial charge in [0.05, 0.1) is 11.5 Å². The fraction of sp³-hybridized carbons (Fsp3) is 0.250. The number of nitro benzene ring substituents is 1. The molecule has 0 radical (unpaired) electrons. The molecule has 0 spiro atoms. The van der Waals surface area contributed by atoms with Gasteiger partial charge in [-0.3, -0.25) is 14.8 Å². The van der Waals surface area contributed by atoms with Crippen molar-refractivity contribution >= 4 is 21.4 Å². The predicted molar refractivity (Wildman–Crippen MR) is 89.0 cm³/mol. The highest BCUT2D eigenvalue weighted by molar-refractivity contribution is 7.92. The molecule has 0 aliphatic carbocycles. The number of anilines is 1. The second-order valence-electron chi connectivity index (χ2n) is 5.69. The smallest absolute Gasteiger partial charge is 0.290 e. The fourth-order valence-electron chi connectivity index (χ4n) is 2.59. The van der Waals surface area contributed by atoms with Crippen molar-refractivity contribution in [3.05, 3.63) is 57.1 Å². The van der Waals surface area contributed by atoms with E-state index in [0.29, 0.717) is 29.8 Å². The number of hydrogen-bond donors (Lipinski definition) is 1. The van der Waals surface area contributed by atoms with Gasteiger partial charge in [0.25, 0.3) is 15.7 Å². The van der Waals surface area contributed by atoms with E-state index in [1.54, 1.807) is 32.0 Å². The number of nitrogens with zero attached hydrogens (tertiary/aromatic N) is 1. The average Bonchev–Trinajstić information content (AvgIpc) is 2.96. The molecule has 0 unspecified atom stereocenters. The molecule has 2 aromatic carbocycles. The van der Waals surface area contributed by atoms with Crippen LogP contribution in [0.2, 0.25) is 0 Å². The third kappa shape index (κ3) is 2.92. The van der Waals surface area contributed by atoms with Crippen molar-refractivity contribution < 1.29 is 18.1 Å². The van der Waals surface area contributed by atoms with E-state index in [1.807, 2.05) is 0 Å². The van der Waals surface area contributed by atoms with Crippen LogP contribution in [0.25, 0.3) is 0 Å². The summed E-state index contributed by atoms with van der Waals surface area (Å²) in [6.45, 7) is 3.98. The molecule has 126 valence electrons. The Kier molecular flexibility index (Phi) is 3.92. The molecule has 0 bridgehead atoms. The largest absolute Gasteiger partial charge is 0.493 e. The van der Waals surface area contributed by atoms with Gasteiger partial charge in [-0.05, 0) is 54.8 Å². The Morgan fingerprint density at radius 1 is 1.17 bits per heavy atom. The van der Waals surface area contributed by atoms with Crippen LogP contribution in [0.5, 0.6) is 5.75 Å². The van der Waals surface area contributed by atoms with Crippen LogP contribution in [0.15, 0.2) is 35.2 Å². The number of benzene rings is 2. The van der Waals surface area contributed by atoms with E-state index in [4.69, 9.17) is 4.74 Å². The van der Waals surface area contributed by atoms with Crippen LogP contribution >= 0.6 is 0 Å². The number of nitro groups is 1. The van der Waals surface area contributed by atoms with E-state index in [2.05, 4.69) is 4.72 Å². The van der Waals surface area contributed by atoms with Gasteiger partial charge in [0.1, 0.15) is 5.75 Å². The first kappa shape index (κ1) is 16.3. The number of rotatable bonds is 4. The van der Waals surface area contributed by atoms with Crippen LogP contribution in [0, 0.1) is 24.0 Å². The van der Waals surface area contributed by atoms with Gasteiger partial charge in [-0.1, -0.05) is 0 Å². The zero-order valence-corrected chi connectivity index (χ0v) is 14.0. The van der Waals surface area contributed by atoms with Crippen LogP contribution < -0.4 is 9.46 Å². The minimum Gasteiger partial charge on any atom is -0.493 e. The summed E-state index contributed by atoms with van der Waals surface area (Å²) >= 11 is 0. The molecule has 1 aliphatic heterocycles. The van der Waals surface area contributed by atoms with E-state index in [0.717, 1.165) is 11.3 Å². The SMILES string of the molecule is Cc1cc([N+](=O)[O-])c(S(=O)(=O)Nc2ccc3c(c2)CCO3)cc1C. The zero-order chi connectivity index (χ0) is 17.5. The highest BCUT2D eigenvalue weighted by atomic mass is 32.2. The normalized spacial score (nSPS) is 13.2. The number of aryl methyl sites for hydroxylation is 2. The summed E-state index contributed by atoms with van der Waals surface area (Å²) in [7, 11) is -4.08. The second kappa shape index (κ2) is 5.79. The second-order valence-corrected chi connectivity index (χ2v) is 7.34. The van der Waals surface area contributed by atoms with E-state index in [-0.39, 0.29) is 4.90 Å². The van der Waals surface area contributed by atoms with E-state index in [9.17, 15) is 18.5 Å². The van der Waals surface area contributed by atoms with Crippen molar-refractivity contribution in [3.63, 3.8) is 0 Å². The van der Waals surface area contributed by atoms with Gasteiger partial charge in [0, 0.05) is 18.2 Å². The van der Waals surface area contributed by atoms with Crippen molar-refractivity contribution in [2.45, 2.75) is 25.2 Å². The average molecular weight is 348 g/mol. The first-order valence-electron chi connectivity index (χ1n) is 7.32. The minimum absolute atomic E-state index is 0.340. The quantitative estimate of drug-likeness (QED) is 0.676. The lowest BCUT2D eigenvalue weighted by molar-refractivity contribution is -0.387. The summed E-state index contributed by atoms with van der Waals surface area (Å²) in [4.78, 5) is 10.2. The Balaban J connectivity index is 2.02. The van der Waals surface area contributed by atoms with E-state index >= 15 is 0 Å². The van der Waals surface area contributed by atoms with Gasteiger partial charge in [0.15, 0.2) is 4.90 Å². The highest BCUT2D eigenvalue weighted by Gasteiger charge is 2.27. The van der Waals surface area contributed by atoms with Gasteiger partial charge in [0.2, 0.25) is 0 Å². The Morgan fingerprint density at radius 2 is 1.88 bits per heavy atom. The van der Waals surface area contributed by atoms with Gasteiger partial charge >= 0.3 is 0 Å². The molecule has 0 aromatic heterocycles. The first-order chi connectivity index (χ1) is 11.3. The predicted octanol–water partition coefficient (Wildman–Crippen LogP) is 2.95. The molecular formula is C16H16N2O5S. The van der Waals surface area contributed by atoms with Crippen LogP contribution in [0.4, 0.5) is 11.4 Å². The van der Waals surface area contributed by atoms with Gasteiger partial charge in [-0.2, -0.15) is 0 Å². The maximum Gasteiger partial charge on any atom is 0.290 e. The lowest BCUT2D eigenvalue weighted by Gasteiger charge is -2.11. The Hall–Kier alpha value is -2.61. The van der Waals surface area contributed by atoms with E-state index in [1.165, 1.54) is 12.1 Å². The van der Waals surface area contributed by atoms with Crippen LogP contribution in [0.1, 0.15) is 16.7 Å². The monoisotopic (exact) mass is 348 g/mol. The molecule has 0 amide bonds. The van der Waals surface area contributed by atoms with Crippen LogP contribution in [0.3, 0.4) is 0 Å². The molecule has 7 nitrogen and oxygen atoms in total. The maximum atomic E-state index is 12.6. The molecule has 2 aromatic rings. The summed E-state index contributed by atoms with van der Waals surface area (Å²) in [5.41, 5.74) is 2.16. The third-order valence-corrected chi connectivity index (χ3v) is 5.41. The Bertz CT molecular complexity index is 938. The lowest BCUT2D eigenvalue weighted by atomic mass is 10.1. The molecular weight excluding hydrogens is 332 g/mol. The van der Waals surface area contributed by atoms with Crippen molar-refractivity contribution in [2.24, 2.45) is 0 Å². The summed E-state index contributed by atoms with van der Waals surface area (Å²) in [5.74, 6) is 0.732. The molecule has 24 heavy (non-hydrogen) atoms. The fourth-order valence-corrected chi connectivity index (χ4v) is 3.88. The zero-order valence-electron chi connectivity index (χ0n) is 13.2. The number of ether oxygens (including phenoxy) is 1. The number of nitrogens with one attached hydrogen (secondary N) is 1. The van der Waals surface area contributed by atoms with Gasteiger partial charge in [-0.25, -0.2) is 8.42 Å². The summed E-state index contributed by atoms with van der Waals surface area (Å²) in [5, 5.41) is 11.2. The number of hydrogen-bond acceptors (Lipinski definition) is 5. The van der Waals surface area contributed by atoms with Crippen LogP contribution in [-0.2, 0) is 16.4 Å². The van der Waals surface area contributed by atoms with Gasteiger partial charge in [-0.15, -0.1) is 0 Å². The summed E-state index contributed by atoms with van der Waals surface area (Å²) < 4.78 is 33.1. The van der Waals surface area contributed by atoms with Crippen molar-refractivity contribution in [2.75, 3.05) is 11.3 Å². The van der Waals surface area contributed by atoms with Crippen molar-refractivity contribution in [1.29, 1.82) is 0 Å². The minimum atomic E-state index is -4.08. The molecule has 1 heterocycles. The van der Waals surface area contributed by atoms with Crippen LogP contribution in [-0.4, -0.2) is 19.9 Å². The molecule has 0 saturated carbocycles. The number of fused-ring (bicyclic) bond motifs is 1. The standard InChI is InChI=1S/C16H16N2O5S/c1-10-7-14(18(19)20)16(8-11(10)2)24(21,22)17-13-3-4-15-12(9-13)5-6-23-15/h3-4,7-9,17H,5-6H2,1-2H3. The molecule has 0 atom stereocenters. The Labute approximate surface area is 139 Å². The number of sulfonamides is 1. The lowest BCUT2D eigenvalue weighted by Crippen LogP contribution is -2.15. The topological polar surface area (TPSA) is 98.5 Å². The molecule has 1 N–H and O–H groups in total. The van der Waals surface area contributed by atoms with E-state index < -0.39 is 20.6 Å². The third-order valence-electron chi connectivity index (χ3n) is 4.00. The molecule has 0 fully saturated rings. The first-order valence-corrected chi connectivity index (χ1v) is 8.80. The molecule has 3 rings (SSSR count). The Morgan fingerprint density at radius 3 is 2.58 bits per heavy atom. The summed E-state index contributed by atoms with van der Waals surface area (Å²) in [6.07, 6.45) is 0.703.